The largest absolute Gasteiger partial charge is 0.480 e. The second-order valence-corrected chi connectivity index (χ2v) is 10.6. The molecule has 42 heavy (non-hydrogen) atoms. The number of nitrogens with one attached hydrogen (secondary N) is 5. The molecule has 0 saturated heterocycles. The molecule has 5 amide bonds. The van der Waals surface area contributed by atoms with Crippen LogP contribution >= 0.6 is 0 Å². The zero-order chi connectivity index (χ0) is 31.6. The molecule has 0 bridgehead atoms. The molecule has 13 heteroatoms. The Kier molecular flexibility index (Phi) is 12.5. The van der Waals surface area contributed by atoms with E-state index in [0.29, 0.717) is 18.4 Å². The van der Waals surface area contributed by atoms with Gasteiger partial charge in [0.05, 0.1) is 6.42 Å². The minimum Gasteiger partial charge on any atom is -0.480 e. The number of carbonyl (C=O) groups excluding carboxylic acids is 5. The third kappa shape index (κ3) is 9.32. The number of benzene rings is 1. The highest BCUT2D eigenvalue weighted by atomic mass is 16.4. The van der Waals surface area contributed by atoms with Crippen LogP contribution < -0.4 is 27.0 Å². The number of rotatable bonds is 16. The average Bonchev–Trinajstić information content (AvgIpc) is 3.35. The van der Waals surface area contributed by atoms with Gasteiger partial charge in [-0.1, -0.05) is 58.7 Å². The normalized spacial score (nSPS) is 15.4. The second kappa shape index (κ2) is 15.5. The van der Waals surface area contributed by atoms with Crippen molar-refractivity contribution in [1.29, 1.82) is 0 Å². The Labute approximate surface area is 244 Å². The van der Waals surface area contributed by atoms with Crippen molar-refractivity contribution in [2.45, 2.75) is 84.5 Å². The number of nitrogens with two attached hydrogens (primary N) is 1. The summed E-state index contributed by atoms with van der Waals surface area (Å²) < 4.78 is 0. The zero-order valence-electron chi connectivity index (χ0n) is 24.7. The number of fused-ring (bicyclic) bond motifs is 1. The fourth-order valence-corrected chi connectivity index (χ4v) is 4.53. The molecule has 0 aliphatic rings. The summed E-state index contributed by atoms with van der Waals surface area (Å²) in [6.45, 7) is 8.60. The molecule has 2 rings (SSSR count). The third-order valence-electron chi connectivity index (χ3n) is 7.40. The third-order valence-corrected chi connectivity index (χ3v) is 7.40. The highest BCUT2D eigenvalue weighted by molar-refractivity contribution is 5.96. The molecule has 1 heterocycles. The molecule has 0 aliphatic heterocycles. The number of aromatic amines is 1. The number of aliphatic carboxylic acids is 1. The highest BCUT2D eigenvalue weighted by Crippen LogP contribution is 2.20. The van der Waals surface area contributed by atoms with Crippen molar-refractivity contribution in [3.8, 4) is 0 Å². The number of primary amides is 1. The number of hydrogen-bond acceptors (Lipinski definition) is 6. The van der Waals surface area contributed by atoms with E-state index in [1.165, 1.54) is 6.92 Å². The van der Waals surface area contributed by atoms with Crippen LogP contribution in [0.2, 0.25) is 0 Å². The lowest BCUT2D eigenvalue weighted by atomic mass is 9.94. The van der Waals surface area contributed by atoms with Gasteiger partial charge >= 0.3 is 5.97 Å². The highest BCUT2D eigenvalue weighted by Gasteiger charge is 2.35. The molecule has 1 aromatic heterocycles. The number of carbonyl (C=O) groups is 6. The van der Waals surface area contributed by atoms with Gasteiger partial charge in [0.2, 0.25) is 29.5 Å². The smallest absolute Gasteiger partial charge is 0.326 e. The van der Waals surface area contributed by atoms with Crippen LogP contribution in [-0.4, -0.2) is 69.8 Å². The number of H-pyrrole nitrogens is 1. The first-order valence-corrected chi connectivity index (χ1v) is 14.0. The molecule has 0 spiro atoms. The van der Waals surface area contributed by atoms with Gasteiger partial charge in [0.25, 0.3) is 0 Å². The van der Waals surface area contributed by atoms with Gasteiger partial charge in [-0.25, -0.2) is 4.79 Å². The van der Waals surface area contributed by atoms with Crippen LogP contribution in [0.5, 0.6) is 0 Å². The number of carboxylic acids is 1. The molecule has 6 atom stereocenters. The van der Waals surface area contributed by atoms with E-state index in [1.54, 1.807) is 13.1 Å². The summed E-state index contributed by atoms with van der Waals surface area (Å²) in [5.41, 5.74) is 6.64. The quantitative estimate of drug-likeness (QED) is 0.150. The molecule has 2 aromatic rings. The molecule has 1 aromatic carbocycles. The van der Waals surface area contributed by atoms with Gasteiger partial charge in [-0.3, -0.25) is 24.0 Å². The van der Waals surface area contributed by atoms with Gasteiger partial charge in [0, 0.05) is 30.4 Å². The van der Waals surface area contributed by atoms with E-state index in [1.807, 2.05) is 45.0 Å². The van der Waals surface area contributed by atoms with E-state index in [4.69, 9.17) is 5.73 Å². The van der Waals surface area contributed by atoms with Crippen LogP contribution in [0, 0.1) is 11.8 Å². The summed E-state index contributed by atoms with van der Waals surface area (Å²) in [7, 11) is 0. The molecular weight excluding hydrogens is 544 g/mol. The first-order valence-electron chi connectivity index (χ1n) is 14.0. The van der Waals surface area contributed by atoms with Crippen LogP contribution in [0.15, 0.2) is 30.5 Å². The fraction of sp³-hybridized carbons (Fsp3) is 0.517. The Morgan fingerprint density at radius 2 is 1.38 bits per heavy atom. The number of carboxylic acid groups (broad SMARTS) is 1. The lowest BCUT2D eigenvalue weighted by Crippen LogP contribution is -2.60. The van der Waals surface area contributed by atoms with E-state index in [9.17, 15) is 33.9 Å². The van der Waals surface area contributed by atoms with Crippen molar-refractivity contribution in [3.05, 3.63) is 36.0 Å². The number of aromatic nitrogens is 1. The van der Waals surface area contributed by atoms with Crippen molar-refractivity contribution >= 4 is 46.4 Å². The van der Waals surface area contributed by atoms with Gasteiger partial charge < -0.3 is 37.1 Å². The Hall–Kier alpha value is -4.42. The van der Waals surface area contributed by atoms with Crippen LogP contribution in [-0.2, 0) is 35.2 Å². The minimum atomic E-state index is -1.60. The number of hydrogen-bond donors (Lipinski definition) is 7. The predicted octanol–water partition coefficient (Wildman–Crippen LogP) is 0.722. The van der Waals surface area contributed by atoms with Crippen molar-refractivity contribution in [2.24, 2.45) is 17.6 Å². The van der Waals surface area contributed by atoms with E-state index in [2.05, 4.69) is 26.3 Å². The summed E-state index contributed by atoms with van der Waals surface area (Å²) in [4.78, 5) is 78.3. The zero-order valence-corrected chi connectivity index (χ0v) is 24.7. The maximum Gasteiger partial charge on any atom is 0.326 e. The summed E-state index contributed by atoms with van der Waals surface area (Å²) >= 11 is 0. The second-order valence-electron chi connectivity index (χ2n) is 10.6. The van der Waals surface area contributed by atoms with E-state index in [-0.39, 0.29) is 24.2 Å². The average molecular weight is 587 g/mol. The molecule has 0 fully saturated rings. The maximum atomic E-state index is 13.7. The monoisotopic (exact) mass is 586 g/mol. The molecule has 0 aliphatic carbocycles. The van der Waals surface area contributed by atoms with Crippen LogP contribution in [0.25, 0.3) is 10.9 Å². The van der Waals surface area contributed by atoms with Gasteiger partial charge in [0.1, 0.15) is 24.2 Å². The minimum absolute atomic E-state index is 0.0208. The molecule has 0 unspecified atom stereocenters. The predicted molar refractivity (Wildman–Crippen MR) is 156 cm³/mol. The van der Waals surface area contributed by atoms with Crippen molar-refractivity contribution in [2.75, 3.05) is 0 Å². The molecule has 8 N–H and O–H groups in total. The van der Waals surface area contributed by atoms with Gasteiger partial charge in [-0.2, -0.15) is 0 Å². The van der Waals surface area contributed by atoms with Crippen molar-refractivity contribution in [3.63, 3.8) is 0 Å². The fourth-order valence-electron chi connectivity index (χ4n) is 4.53. The first-order chi connectivity index (χ1) is 19.8. The number of amides is 5. The number of para-hydroxylation sites is 1. The summed E-state index contributed by atoms with van der Waals surface area (Å²) in [5.74, 6) is -5.38. The van der Waals surface area contributed by atoms with Gasteiger partial charge in [-0.15, -0.1) is 0 Å². The molecule has 13 nitrogen and oxygen atoms in total. The van der Waals surface area contributed by atoms with Gasteiger partial charge in [-0.05, 0) is 23.5 Å². The SMILES string of the molecule is CC[C@H](C)[C@H](NC(C)=O)C(=O)N[C@H](C(=O)N[C@@H](Cc1c[nH]c2ccccc12)C(=O)N[C@@H](CC(N)=O)C(=O)O)[C@@H](C)CC. The summed E-state index contributed by atoms with van der Waals surface area (Å²) in [5, 5.41) is 20.7. The summed E-state index contributed by atoms with van der Waals surface area (Å²) in [6, 6.07) is 2.53. The maximum absolute atomic E-state index is 13.7. The topological polar surface area (TPSA) is 213 Å². The molecule has 0 saturated carbocycles. The summed E-state index contributed by atoms with van der Waals surface area (Å²) in [6.07, 6.45) is 2.13. The van der Waals surface area contributed by atoms with E-state index in [0.717, 1.165) is 10.9 Å². The molecule has 230 valence electrons. The van der Waals surface area contributed by atoms with Crippen LogP contribution in [0.4, 0.5) is 0 Å². The first kappa shape index (κ1) is 33.8. The van der Waals surface area contributed by atoms with E-state index < -0.39 is 60.2 Å². The Balaban J connectivity index is 2.39. The Morgan fingerprint density at radius 3 is 1.93 bits per heavy atom. The Bertz CT molecular complexity index is 1290. The lowest BCUT2D eigenvalue weighted by Gasteiger charge is -2.30. The van der Waals surface area contributed by atoms with Crippen molar-refractivity contribution in [1.82, 2.24) is 26.3 Å². The van der Waals surface area contributed by atoms with Crippen LogP contribution in [0.1, 0.15) is 59.4 Å². The van der Waals surface area contributed by atoms with E-state index >= 15 is 0 Å². The van der Waals surface area contributed by atoms with Crippen molar-refractivity contribution < 1.29 is 33.9 Å². The standard InChI is InChI=1S/C29H42N6O7/c1-6-15(3)24(32-17(5)36)28(40)35-25(16(4)7-2)27(39)33-21(26(38)34-22(29(41)42)13-23(30)37)12-18-14-31-20-11-9-8-10-19(18)20/h8-11,14-16,21-22,24-25,31H,6-7,12-13H2,1-5H3,(H2,30,37)(H,32,36)(H,33,39)(H,34,38)(H,35,40)(H,41,42)/t15-,16-,21-,22-,24-,25-/m0/s1. The van der Waals surface area contributed by atoms with Gasteiger partial charge in [0.15, 0.2) is 0 Å². The lowest BCUT2D eigenvalue weighted by molar-refractivity contribution is -0.143. The van der Waals surface area contributed by atoms with Crippen LogP contribution in [0.3, 0.4) is 0 Å². The molecular formula is C29H42N6O7. The molecule has 0 radical (unpaired) electrons. The Morgan fingerprint density at radius 1 is 0.833 bits per heavy atom.